The van der Waals surface area contributed by atoms with Crippen LogP contribution < -0.4 is 0 Å². The van der Waals surface area contributed by atoms with Gasteiger partial charge in [0.25, 0.3) is 0 Å². The van der Waals surface area contributed by atoms with Gasteiger partial charge in [-0.25, -0.2) is 4.39 Å². The molecule has 4 rings (SSSR count). The summed E-state index contributed by atoms with van der Waals surface area (Å²) in [5, 5.41) is 29.0. The highest BCUT2D eigenvalue weighted by molar-refractivity contribution is 6.01. The largest absolute Gasteiger partial charge is 0.481 e. The number of hydrogen-bond donors (Lipinski definition) is 3. The van der Waals surface area contributed by atoms with Crippen LogP contribution in [-0.4, -0.2) is 51.7 Å². The second-order valence-corrected chi connectivity index (χ2v) is 13.0. The van der Waals surface area contributed by atoms with Crippen LogP contribution in [0.5, 0.6) is 0 Å². The van der Waals surface area contributed by atoms with Crippen molar-refractivity contribution in [3.8, 4) is 0 Å². The third-order valence-electron chi connectivity index (χ3n) is 10.3. The lowest BCUT2D eigenvalue weighted by molar-refractivity contribution is -0.145. The Bertz CT molecular complexity index is 958. The Morgan fingerprint density at radius 2 is 1.72 bits per heavy atom. The maximum Gasteiger partial charge on any atom is 0.303 e. The number of allylic oxidation sites excluding steroid dienone is 4. The Labute approximate surface area is 233 Å². The normalized spacial score (nSPS) is 38.6. The summed E-state index contributed by atoms with van der Waals surface area (Å²) < 4.78 is 15.2. The first-order valence-corrected chi connectivity index (χ1v) is 15.0. The van der Waals surface area contributed by atoms with Crippen molar-refractivity contribution in [3.05, 3.63) is 23.8 Å². The summed E-state index contributed by atoms with van der Waals surface area (Å²) in [5.41, 5.74) is -0.599. The molecule has 0 aromatic heterocycles. The van der Waals surface area contributed by atoms with E-state index in [-0.39, 0.29) is 47.6 Å². The van der Waals surface area contributed by atoms with E-state index in [1.807, 2.05) is 20.8 Å². The molecule has 220 valence electrons. The van der Waals surface area contributed by atoms with Gasteiger partial charge in [-0.3, -0.25) is 14.4 Å². The van der Waals surface area contributed by atoms with E-state index < -0.39 is 35.7 Å². The molecule has 39 heavy (non-hydrogen) atoms. The van der Waals surface area contributed by atoms with Gasteiger partial charge in [-0.05, 0) is 66.6 Å². The molecule has 6 nitrogen and oxygen atoms in total. The summed E-state index contributed by atoms with van der Waals surface area (Å²) in [6.07, 6.45) is 13.0. The number of Topliss-reactive ketones (excluding diaryl/α,β-unsaturated/α-hetero) is 1. The number of aliphatic carboxylic acids is 1. The predicted octanol–water partition coefficient (Wildman–Crippen LogP) is 5.85. The fourth-order valence-electron chi connectivity index (χ4n) is 8.72. The van der Waals surface area contributed by atoms with E-state index in [2.05, 4.69) is 6.92 Å². The number of carbonyl (C=O) groups excluding carboxylic acids is 2. The summed E-state index contributed by atoms with van der Waals surface area (Å²) in [6, 6.07) is 0. The second-order valence-electron chi connectivity index (χ2n) is 13.0. The van der Waals surface area contributed by atoms with Gasteiger partial charge < -0.3 is 15.3 Å². The third kappa shape index (κ3) is 6.56. The maximum atomic E-state index is 15.2. The number of carboxylic acid groups (broad SMARTS) is 1. The van der Waals surface area contributed by atoms with Gasteiger partial charge >= 0.3 is 5.97 Å². The molecule has 0 amide bonds. The summed E-state index contributed by atoms with van der Waals surface area (Å²) >= 11 is 0. The van der Waals surface area contributed by atoms with Crippen LogP contribution in [0.3, 0.4) is 0 Å². The van der Waals surface area contributed by atoms with E-state index >= 15 is 4.39 Å². The molecule has 0 spiro atoms. The minimum absolute atomic E-state index is 0.0484. The first-order chi connectivity index (χ1) is 18.4. The van der Waals surface area contributed by atoms with E-state index in [1.165, 1.54) is 44.3 Å². The number of alkyl halides is 1. The number of rotatable bonds is 10. The fraction of sp³-hybridized carbons (Fsp3) is 0.781. The molecule has 0 unspecified atom stereocenters. The van der Waals surface area contributed by atoms with Crippen molar-refractivity contribution in [3.63, 3.8) is 0 Å². The van der Waals surface area contributed by atoms with Gasteiger partial charge in [0.15, 0.2) is 11.6 Å². The molecule has 3 fully saturated rings. The van der Waals surface area contributed by atoms with Crippen molar-refractivity contribution in [1.82, 2.24) is 0 Å². The Balaban J connectivity index is 0.000000298. The molecule has 0 heterocycles. The lowest BCUT2D eigenvalue weighted by atomic mass is 9.46. The highest BCUT2D eigenvalue weighted by Gasteiger charge is 2.65. The van der Waals surface area contributed by atoms with Gasteiger partial charge in [-0.15, -0.1) is 0 Å². The number of unbranched alkanes of at least 4 members (excludes halogenated alkanes) is 6. The molecule has 0 radical (unpaired) electrons. The topological polar surface area (TPSA) is 112 Å². The number of carboxylic acids is 1. The quantitative estimate of drug-likeness (QED) is 0.295. The van der Waals surface area contributed by atoms with Crippen LogP contribution in [0.4, 0.5) is 4.39 Å². The van der Waals surface area contributed by atoms with Crippen LogP contribution in [0.2, 0.25) is 0 Å². The zero-order valence-corrected chi connectivity index (χ0v) is 24.2. The van der Waals surface area contributed by atoms with E-state index in [1.54, 1.807) is 6.08 Å². The maximum absolute atomic E-state index is 15.2. The molecule has 3 N–H and O–H groups in total. The molecule has 0 aromatic rings. The number of aliphatic hydroxyl groups is 2. The van der Waals surface area contributed by atoms with Gasteiger partial charge in [0.1, 0.15) is 12.8 Å². The van der Waals surface area contributed by atoms with Crippen LogP contribution in [0, 0.1) is 40.4 Å². The summed E-state index contributed by atoms with van der Waals surface area (Å²) in [7, 11) is 0. The van der Waals surface area contributed by atoms with Gasteiger partial charge in [-0.1, -0.05) is 72.3 Å². The highest BCUT2D eigenvalue weighted by atomic mass is 19.1. The number of aliphatic hydroxyl groups excluding tert-OH is 2. The van der Waals surface area contributed by atoms with E-state index in [0.29, 0.717) is 18.4 Å². The van der Waals surface area contributed by atoms with Gasteiger partial charge in [0.2, 0.25) is 0 Å². The Hall–Kier alpha value is -1.86. The van der Waals surface area contributed by atoms with Crippen LogP contribution in [-0.2, 0) is 14.4 Å². The number of carbonyl (C=O) groups is 3. The molecule has 4 aliphatic rings. The van der Waals surface area contributed by atoms with Crippen LogP contribution in [0.15, 0.2) is 23.8 Å². The summed E-state index contributed by atoms with van der Waals surface area (Å²) in [6.45, 7) is 7.73. The summed E-state index contributed by atoms with van der Waals surface area (Å²) in [5.74, 6) is -1.29. The number of fused-ring (bicyclic) bond motifs is 5. The van der Waals surface area contributed by atoms with E-state index in [4.69, 9.17) is 5.11 Å². The number of ketones is 2. The first kappa shape index (κ1) is 31.7. The van der Waals surface area contributed by atoms with Crippen molar-refractivity contribution in [2.45, 2.75) is 111 Å². The zero-order valence-electron chi connectivity index (χ0n) is 24.2. The molecule has 4 aliphatic carbocycles. The Morgan fingerprint density at radius 3 is 2.33 bits per heavy atom. The molecule has 0 aromatic carbocycles. The molecular weight excluding hydrogens is 499 g/mol. The smallest absolute Gasteiger partial charge is 0.303 e. The summed E-state index contributed by atoms with van der Waals surface area (Å²) in [4.78, 5) is 34.4. The predicted molar refractivity (Wildman–Crippen MR) is 149 cm³/mol. The average molecular weight is 549 g/mol. The van der Waals surface area contributed by atoms with Crippen molar-refractivity contribution >= 4 is 17.5 Å². The van der Waals surface area contributed by atoms with E-state index in [9.17, 15) is 24.6 Å². The Kier molecular flexibility index (Phi) is 10.7. The van der Waals surface area contributed by atoms with Gasteiger partial charge in [0.05, 0.1) is 6.10 Å². The van der Waals surface area contributed by atoms with E-state index in [0.717, 1.165) is 19.3 Å². The molecule has 7 heteroatoms. The average Bonchev–Trinajstić information content (AvgIpc) is 3.13. The minimum Gasteiger partial charge on any atom is -0.481 e. The second kappa shape index (κ2) is 13.2. The minimum atomic E-state index is -1.21. The van der Waals surface area contributed by atoms with Crippen LogP contribution in [0.1, 0.15) is 98.3 Å². The highest BCUT2D eigenvalue weighted by Crippen LogP contribution is 2.67. The number of hydrogen-bond acceptors (Lipinski definition) is 5. The third-order valence-corrected chi connectivity index (χ3v) is 10.3. The van der Waals surface area contributed by atoms with Crippen molar-refractivity contribution in [2.75, 3.05) is 6.61 Å². The SMILES string of the molecule is CCCCCCCCCC(=O)O.C[C@@H]1C[C@H]2[C@@H]3C[C@H](F)C4=CC(=O)C=C[C@]4(C)[C@H]3[C@@H](O)C[C@]2(C)[C@H]1C(=O)CO. The zero-order chi connectivity index (χ0) is 29.0. The fourth-order valence-corrected chi connectivity index (χ4v) is 8.72. The van der Waals surface area contributed by atoms with Gasteiger partial charge in [0, 0.05) is 23.7 Å². The molecule has 9 atom stereocenters. The van der Waals surface area contributed by atoms with Crippen LogP contribution >= 0.6 is 0 Å². The molecule has 0 saturated heterocycles. The molecular formula is C32H49FO6. The number of halogens is 1. The lowest BCUT2D eigenvalue weighted by Crippen LogP contribution is -2.58. The lowest BCUT2D eigenvalue weighted by Gasteiger charge is -2.59. The standard InChI is InChI=1S/C22H29FO4.C10H20O2/c1-11-6-14-13-8-16(23)15-7-12(25)4-5-21(15,2)20(13)17(26)9-22(14,3)19(11)18(27)10-24;1-2-3-4-5-6-7-8-9-10(11)12/h4-5,7,11,13-14,16-17,19-20,24,26H,6,8-10H2,1-3H3;2-9H2,1H3,(H,11,12)/t11-,13+,14+,16+,17+,19-,20-,21+,22+;/m1./s1. The molecule has 0 bridgehead atoms. The molecule has 3 saturated carbocycles. The monoisotopic (exact) mass is 548 g/mol. The molecule has 0 aliphatic heterocycles. The Morgan fingerprint density at radius 1 is 1.08 bits per heavy atom. The van der Waals surface area contributed by atoms with Crippen LogP contribution in [0.25, 0.3) is 0 Å². The van der Waals surface area contributed by atoms with Crippen molar-refractivity contribution in [2.24, 2.45) is 40.4 Å². The van der Waals surface area contributed by atoms with Crippen molar-refractivity contribution in [1.29, 1.82) is 0 Å². The van der Waals surface area contributed by atoms with Gasteiger partial charge in [-0.2, -0.15) is 0 Å². The van der Waals surface area contributed by atoms with Crippen molar-refractivity contribution < 1.29 is 34.1 Å². The first-order valence-electron chi connectivity index (χ1n) is 15.0.